The summed E-state index contributed by atoms with van der Waals surface area (Å²) in [5.41, 5.74) is 0.114. The van der Waals surface area contributed by atoms with Crippen LogP contribution in [0.3, 0.4) is 0 Å². The highest BCUT2D eigenvalue weighted by atomic mass is 32.5. The van der Waals surface area contributed by atoms with Crippen molar-refractivity contribution in [3.8, 4) is 11.5 Å². The Morgan fingerprint density at radius 3 is 2.50 bits per heavy atom. The highest BCUT2D eigenvalue weighted by molar-refractivity contribution is 8.45. The number of hydrogen-bond acceptors (Lipinski definition) is 2. The average molecular weight is 290 g/mol. The van der Waals surface area contributed by atoms with Crippen LogP contribution < -0.4 is 9.47 Å². The van der Waals surface area contributed by atoms with Crippen LogP contribution in [0, 0.1) is 0 Å². The minimum absolute atomic E-state index is 0.114. The number of hydrogen-bond donors (Lipinski definition) is 0. The molecule has 1 atom stereocenters. The second-order valence-corrected chi connectivity index (χ2v) is 6.77. The van der Waals surface area contributed by atoms with Crippen molar-refractivity contribution in [1.29, 1.82) is 0 Å². The van der Waals surface area contributed by atoms with Gasteiger partial charge in [-0.15, -0.1) is 0 Å². The van der Waals surface area contributed by atoms with Gasteiger partial charge in [-0.3, -0.25) is 0 Å². The van der Waals surface area contributed by atoms with Crippen LogP contribution >= 0.6 is 10.2 Å². The molecule has 0 aromatic heterocycles. The highest BCUT2D eigenvalue weighted by Crippen LogP contribution is 2.98. The molecule has 0 saturated carbocycles. The van der Waals surface area contributed by atoms with E-state index in [0.717, 1.165) is 0 Å². The molecule has 2 nitrogen and oxygen atoms in total. The number of rotatable bonds is 3. The van der Waals surface area contributed by atoms with Gasteiger partial charge in [-0.05, 0) is 6.07 Å². The minimum Gasteiger partial charge on any atom is -0.493 e. The van der Waals surface area contributed by atoms with Crippen LogP contribution in [-0.4, -0.2) is 19.5 Å². The Balaban J connectivity index is 2.34. The summed E-state index contributed by atoms with van der Waals surface area (Å²) in [6, 6.07) is 4.30. The van der Waals surface area contributed by atoms with E-state index < -0.39 is 28.5 Å². The summed E-state index contributed by atoms with van der Waals surface area (Å²) in [6.07, 6.45) is 0. The fourth-order valence-electron chi connectivity index (χ4n) is 1.96. The van der Waals surface area contributed by atoms with Crippen molar-refractivity contribution < 1.29 is 28.9 Å². The van der Waals surface area contributed by atoms with Crippen LogP contribution in [0.4, 0.5) is 19.4 Å². The Bertz CT molecular complexity index is 484. The van der Waals surface area contributed by atoms with Gasteiger partial charge in [-0.2, -0.15) is 0 Å². The summed E-state index contributed by atoms with van der Waals surface area (Å²) in [7, 11) is -8.11. The molecule has 8 heteroatoms. The van der Waals surface area contributed by atoms with Crippen LogP contribution in [0.1, 0.15) is 11.5 Å². The maximum Gasteiger partial charge on any atom is 0.286 e. The van der Waals surface area contributed by atoms with Gasteiger partial charge >= 0.3 is 0 Å². The van der Waals surface area contributed by atoms with Crippen molar-refractivity contribution >= 4 is 10.2 Å². The molecule has 0 N–H and O–H groups in total. The molecule has 2 rings (SSSR count). The zero-order valence-electron chi connectivity index (χ0n) is 9.34. The topological polar surface area (TPSA) is 18.5 Å². The number of benzene rings is 1. The summed E-state index contributed by atoms with van der Waals surface area (Å²) < 4.78 is 72.2. The third kappa shape index (κ3) is 2.98. The molecule has 0 bridgehead atoms. The van der Waals surface area contributed by atoms with Crippen LogP contribution in [0.2, 0.25) is 0 Å². The molecule has 0 amide bonds. The van der Waals surface area contributed by atoms with E-state index in [-0.39, 0.29) is 17.1 Å². The molecule has 104 valence electrons. The van der Waals surface area contributed by atoms with Crippen molar-refractivity contribution in [3.63, 3.8) is 0 Å². The van der Waals surface area contributed by atoms with Gasteiger partial charge in [0.2, 0.25) is 0 Å². The molecule has 1 aromatic rings. The maximum absolute atomic E-state index is 12.5. The number of ether oxygens (including phenoxy) is 2. The summed E-state index contributed by atoms with van der Waals surface area (Å²) >= 11 is 0. The van der Waals surface area contributed by atoms with E-state index in [9.17, 15) is 19.4 Å². The van der Waals surface area contributed by atoms with Crippen LogP contribution in [0.5, 0.6) is 11.5 Å². The number of halogens is 5. The molecule has 1 unspecified atom stereocenters. The third-order valence-corrected chi connectivity index (χ3v) is 3.65. The van der Waals surface area contributed by atoms with E-state index in [1.165, 1.54) is 25.3 Å². The van der Waals surface area contributed by atoms with Crippen molar-refractivity contribution in [1.82, 2.24) is 0 Å². The lowest BCUT2D eigenvalue weighted by Crippen LogP contribution is -2.19. The lowest BCUT2D eigenvalue weighted by Gasteiger charge is -2.41. The van der Waals surface area contributed by atoms with Crippen LogP contribution in [0.25, 0.3) is 0 Å². The van der Waals surface area contributed by atoms with Gasteiger partial charge < -0.3 is 9.47 Å². The first-order valence-electron chi connectivity index (χ1n) is 5.01. The molecule has 1 aliphatic rings. The molecule has 0 fully saturated rings. The summed E-state index contributed by atoms with van der Waals surface area (Å²) in [5, 5.41) is 0. The Labute approximate surface area is 100 Å². The van der Waals surface area contributed by atoms with E-state index >= 15 is 0 Å². The second kappa shape index (κ2) is 3.23. The van der Waals surface area contributed by atoms with E-state index in [4.69, 9.17) is 9.47 Å². The maximum atomic E-state index is 12.5. The predicted octanol–water partition coefficient (Wildman–Crippen LogP) is 4.47. The number of methoxy groups -OCH3 is 1. The lowest BCUT2D eigenvalue weighted by molar-refractivity contribution is 0.303. The Kier molecular flexibility index (Phi) is 2.38. The summed E-state index contributed by atoms with van der Waals surface area (Å²) in [6.45, 7) is -0.415. The zero-order chi connectivity index (χ0) is 13.7. The van der Waals surface area contributed by atoms with Crippen LogP contribution in [0.15, 0.2) is 18.2 Å². The van der Waals surface area contributed by atoms with Crippen molar-refractivity contribution in [3.05, 3.63) is 23.8 Å². The van der Waals surface area contributed by atoms with Gasteiger partial charge in [0.05, 0.1) is 19.5 Å². The minimum atomic E-state index is -9.44. The van der Waals surface area contributed by atoms with Gasteiger partial charge in [0.15, 0.2) is 11.5 Å². The van der Waals surface area contributed by atoms with E-state index in [2.05, 4.69) is 0 Å². The van der Waals surface area contributed by atoms with Gasteiger partial charge in [0.1, 0.15) is 0 Å². The predicted molar refractivity (Wildman–Crippen MR) is 59.2 cm³/mol. The lowest BCUT2D eigenvalue weighted by atomic mass is 10.0. The molecule has 0 radical (unpaired) electrons. The first-order chi connectivity index (χ1) is 7.99. The molecular formula is C10H11F5O2S. The number of fused-ring (bicyclic) bond motifs is 1. The fraction of sp³-hybridized carbons (Fsp3) is 0.400. The molecule has 1 aliphatic heterocycles. The smallest absolute Gasteiger partial charge is 0.286 e. The Morgan fingerprint density at radius 2 is 1.94 bits per heavy atom. The van der Waals surface area contributed by atoms with Crippen molar-refractivity contribution in [2.24, 2.45) is 0 Å². The van der Waals surface area contributed by atoms with Gasteiger partial charge in [-0.1, -0.05) is 31.6 Å². The average Bonchev–Trinajstić information content (AvgIpc) is 2.57. The molecule has 1 heterocycles. The summed E-state index contributed by atoms with van der Waals surface area (Å²) in [5.74, 6) is -3.16. The molecule has 0 spiro atoms. The van der Waals surface area contributed by atoms with E-state index in [1.807, 2.05) is 0 Å². The highest BCUT2D eigenvalue weighted by Gasteiger charge is 2.65. The first kappa shape index (κ1) is 13.3. The van der Waals surface area contributed by atoms with Crippen molar-refractivity contribution in [2.75, 3.05) is 19.5 Å². The number of para-hydroxylation sites is 1. The van der Waals surface area contributed by atoms with Crippen LogP contribution in [-0.2, 0) is 0 Å². The third-order valence-electron chi connectivity index (χ3n) is 2.61. The largest absolute Gasteiger partial charge is 0.493 e. The molecule has 0 aliphatic carbocycles. The Hall–Kier alpha value is -1.18. The SMILES string of the molecule is COc1cccc2c1OCC2CS(F)(F)(F)(F)F. The van der Waals surface area contributed by atoms with Crippen molar-refractivity contribution in [2.45, 2.75) is 5.92 Å². The normalized spacial score (nSPS) is 22.7. The van der Waals surface area contributed by atoms with Gasteiger partial charge in [-0.25, -0.2) is 0 Å². The van der Waals surface area contributed by atoms with E-state index in [0.29, 0.717) is 0 Å². The quantitative estimate of drug-likeness (QED) is 0.765. The molecule has 0 saturated heterocycles. The molecule has 1 aromatic carbocycles. The first-order valence-corrected chi connectivity index (χ1v) is 7.13. The Morgan fingerprint density at radius 1 is 1.28 bits per heavy atom. The summed E-state index contributed by atoms with van der Waals surface area (Å²) in [4.78, 5) is 0. The second-order valence-electron chi connectivity index (χ2n) is 4.18. The fourth-order valence-corrected chi connectivity index (χ4v) is 3.00. The van der Waals surface area contributed by atoms with E-state index in [1.54, 1.807) is 0 Å². The van der Waals surface area contributed by atoms with Gasteiger partial charge in [0.25, 0.3) is 10.2 Å². The molecular weight excluding hydrogens is 279 g/mol. The zero-order valence-corrected chi connectivity index (χ0v) is 10.2. The monoisotopic (exact) mass is 290 g/mol. The molecule has 18 heavy (non-hydrogen) atoms. The van der Waals surface area contributed by atoms with Gasteiger partial charge in [0, 0.05) is 11.5 Å². The standard InChI is InChI=1S/C10H11F5O2S/c1-16-9-4-2-3-8-7(5-17-10(8)9)6-18(11,12,13,14)15/h2-4,7H,5-6H2,1H3.